The van der Waals surface area contributed by atoms with Crippen molar-refractivity contribution in [2.45, 2.75) is 32.7 Å². The standard InChI is InChI=1S/C20H20F2N4O2/c1-3-28-20(27)18-12(2)24-26-10-8-17(23-19(18)26)25-9-4-5-16(25)14-11-13(21)6-7-15(14)22/h6-8,10-11,16H,3-5,9H2,1-2H3/t16-/m1/s1. The number of hydrogen-bond acceptors (Lipinski definition) is 5. The Morgan fingerprint density at radius 1 is 1.32 bits per heavy atom. The highest BCUT2D eigenvalue weighted by atomic mass is 19.1. The Kier molecular flexibility index (Phi) is 4.70. The number of carbonyl (C=O) groups is 1. The van der Waals surface area contributed by atoms with Crippen LogP contribution in [0.3, 0.4) is 0 Å². The van der Waals surface area contributed by atoms with Crippen LogP contribution in [0.15, 0.2) is 30.5 Å². The lowest BCUT2D eigenvalue weighted by Crippen LogP contribution is -2.24. The Morgan fingerprint density at radius 2 is 2.14 bits per heavy atom. The molecule has 0 amide bonds. The number of nitrogens with zero attached hydrogens (tertiary/aromatic N) is 4. The molecule has 1 atom stereocenters. The van der Waals surface area contributed by atoms with Gasteiger partial charge in [-0.15, -0.1) is 0 Å². The lowest BCUT2D eigenvalue weighted by atomic mass is 10.0. The Bertz CT molecular complexity index is 1050. The number of carbonyl (C=O) groups excluding carboxylic acids is 1. The number of ether oxygens (including phenoxy) is 1. The summed E-state index contributed by atoms with van der Waals surface area (Å²) >= 11 is 0. The number of hydrogen-bond donors (Lipinski definition) is 0. The monoisotopic (exact) mass is 386 g/mol. The van der Waals surface area contributed by atoms with Gasteiger partial charge in [-0.3, -0.25) is 0 Å². The van der Waals surface area contributed by atoms with Crippen LogP contribution >= 0.6 is 0 Å². The van der Waals surface area contributed by atoms with Gasteiger partial charge in [0.2, 0.25) is 0 Å². The van der Waals surface area contributed by atoms with Crippen LogP contribution in [0.4, 0.5) is 14.6 Å². The average molecular weight is 386 g/mol. The molecule has 8 heteroatoms. The van der Waals surface area contributed by atoms with Crippen LogP contribution in [0.25, 0.3) is 5.65 Å². The number of halogens is 2. The van der Waals surface area contributed by atoms with Gasteiger partial charge in [-0.2, -0.15) is 5.10 Å². The van der Waals surface area contributed by atoms with E-state index in [1.165, 1.54) is 10.6 Å². The van der Waals surface area contributed by atoms with E-state index in [2.05, 4.69) is 10.1 Å². The van der Waals surface area contributed by atoms with Gasteiger partial charge in [0.1, 0.15) is 23.0 Å². The molecule has 1 aliphatic rings. The molecule has 1 fully saturated rings. The summed E-state index contributed by atoms with van der Waals surface area (Å²) in [6.45, 7) is 4.37. The number of anilines is 1. The van der Waals surface area contributed by atoms with Crippen LogP contribution in [-0.2, 0) is 4.74 Å². The first-order valence-corrected chi connectivity index (χ1v) is 9.24. The van der Waals surface area contributed by atoms with Crippen molar-refractivity contribution in [2.75, 3.05) is 18.1 Å². The van der Waals surface area contributed by atoms with Crippen molar-refractivity contribution < 1.29 is 18.3 Å². The van der Waals surface area contributed by atoms with Crippen LogP contribution in [-0.4, -0.2) is 33.7 Å². The van der Waals surface area contributed by atoms with E-state index in [-0.39, 0.29) is 12.6 Å². The van der Waals surface area contributed by atoms with E-state index in [1.54, 1.807) is 26.1 Å². The summed E-state index contributed by atoms with van der Waals surface area (Å²) < 4.78 is 34.7. The molecule has 3 heterocycles. The third-order valence-corrected chi connectivity index (χ3v) is 4.99. The second kappa shape index (κ2) is 7.18. The zero-order valence-corrected chi connectivity index (χ0v) is 15.7. The van der Waals surface area contributed by atoms with Crippen molar-refractivity contribution in [1.82, 2.24) is 14.6 Å². The second-order valence-electron chi connectivity index (χ2n) is 6.75. The first-order valence-electron chi connectivity index (χ1n) is 9.24. The van der Waals surface area contributed by atoms with Gasteiger partial charge in [-0.25, -0.2) is 23.1 Å². The van der Waals surface area contributed by atoms with Gasteiger partial charge in [0.25, 0.3) is 0 Å². The van der Waals surface area contributed by atoms with Crippen molar-refractivity contribution in [1.29, 1.82) is 0 Å². The third-order valence-electron chi connectivity index (χ3n) is 4.99. The first kappa shape index (κ1) is 18.3. The summed E-state index contributed by atoms with van der Waals surface area (Å²) in [6.07, 6.45) is 3.23. The molecule has 2 aromatic heterocycles. The van der Waals surface area contributed by atoms with E-state index in [4.69, 9.17) is 4.74 Å². The number of aryl methyl sites for hydroxylation is 1. The maximum Gasteiger partial charge on any atom is 0.343 e. The molecule has 1 saturated heterocycles. The summed E-state index contributed by atoms with van der Waals surface area (Å²) in [4.78, 5) is 18.9. The molecule has 1 aliphatic heterocycles. The lowest BCUT2D eigenvalue weighted by molar-refractivity contribution is 0.0527. The predicted molar refractivity (Wildman–Crippen MR) is 99.4 cm³/mol. The number of fused-ring (bicyclic) bond motifs is 1. The molecule has 1 aromatic carbocycles. The Balaban J connectivity index is 1.77. The number of esters is 1. The van der Waals surface area contributed by atoms with Crippen molar-refractivity contribution in [3.05, 3.63) is 58.9 Å². The minimum atomic E-state index is -0.478. The highest BCUT2D eigenvalue weighted by molar-refractivity contribution is 5.97. The molecule has 0 radical (unpaired) electrons. The fourth-order valence-electron chi connectivity index (χ4n) is 3.77. The SMILES string of the molecule is CCOC(=O)c1c(C)nn2ccc(N3CCC[C@@H]3c3cc(F)ccc3F)nc12. The van der Waals surface area contributed by atoms with Gasteiger partial charge >= 0.3 is 5.97 Å². The molecule has 0 saturated carbocycles. The smallest absolute Gasteiger partial charge is 0.343 e. The average Bonchev–Trinajstić information content (AvgIpc) is 3.27. The van der Waals surface area contributed by atoms with Crippen molar-refractivity contribution in [2.24, 2.45) is 0 Å². The van der Waals surface area contributed by atoms with E-state index in [0.29, 0.717) is 41.3 Å². The molecule has 0 unspecified atom stereocenters. The quantitative estimate of drug-likeness (QED) is 0.638. The van der Waals surface area contributed by atoms with Gasteiger partial charge in [0, 0.05) is 18.3 Å². The zero-order chi connectivity index (χ0) is 19.8. The van der Waals surface area contributed by atoms with Gasteiger partial charge in [0.15, 0.2) is 5.65 Å². The van der Waals surface area contributed by atoms with Gasteiger partial charge in [-0.05, 0) is 51.0 Å². The normalized spacial score (nSPS) is 16.7. The molecule has 4 rings (SSSR count). The van der Waals surface area contributed by atoms with E-state index < -0.39 is 17.6 Å². The summed E-state index contributed by atoms with van der Waals surface area (Å²) in [5.74, 6) is -0.799. The Morgan fingerprint density at radius 3 is 2.93 bits per heavy atom. The van der Waals surface area contributed by atoms with Crippen molar-refractivity contribution >= 4 is 17.4 Å². The topological polar surface area (TPSA) is 59.7 Å². The Hall–Kier alpha value is -3.03. The molecule has 0 N–H and O–H groups in total. The molecular weight excluding hydrogens is 366 g/mol. The lowest BCUT2D eigenvalue weighted by Gasteiger charge is -2.26. The van der Waals surface area contributed by atoms with Crippen molar-refractivity contribution in [3.63, 3.8) is 0 Å². The number of rotatable bonds is 4. The Labute approximate surface area is 160 Å². The molecule has 28 heavy (non-hydrogen) atoms. The molecular formula is C20H20F2N4O2. The minimum absolute atomic E-state index is 0.252. The maximum absolute atomic E-state index is 14.3. The van der Waals surface area contributed by atoms with E-state index in [1.807, 2.05) is 4.90 Å². The van der Waals surface area contributed by atoms with E-state index >= 15 is 0 Å². The molecule has 0 aliphatic carbocycles. The van der Waals surface area contributed by atoms with Gasteiger partial charge in [0.05, 0.1) is 18.3 Å². The maximum atomic E-state index is 14.3. The molecule has 0 bridgehead atoms. The van der Waals surface area contributed by atoms with Crippen LogP contribution in [0.1, 0.15) is 47.4 Å². The molecule has 3 aromatic rings. The van der Waals surface area contributed by atoms with Crippen LogP contribution in [0.5, 0.6) is 0 Å². The zero-order valence-electron chi connectivity index (χ0n) is 15.7. The van der Waals surface area contributed by atoms with Gasteiger partial charge < -0.3 is 9.64 Å². The predicted octanol–water partition coefficient (Wildman–Crippen LogP) is 3.83. The van der Waals surface area contributed by atoms with E-state index in [9.17, 15) is 13.6 Å². The van der Waals surface area contributed by atoms with Crippen LogP contribution in [0.2, 0.25) is 0 Å². The summed E-state index contributed by atoms with van der Waals surface area (Å²) in [5.41, 5.74) is 1.54. The summed E-state index contributed by atoms with van der Waals surface area (Å²) in [6, 6.07) is 4.95. The molecule has 6 nitrogen and oxygen atoms in total. The van der Waals surface area contributed by atoms with Crippen LogP contribution < -0.4 is 4.90 Å². The number of benzene rings is 1. The minimum Gasteiger partial charge on any atom is -0.462 e. The fraction of sp³-hybridized carbons (Fsp3) is 0.350. The first-order chi connectivity index (χ1) is 13.5. The molecule has 146 valence electrons. The highest BCUT2D eigenvalue weighted by Crippen LogP contribution is 2.37. The summed E-state index contributed by atoms with van der Waals surface area (Å²) in [5, 5.41) is 4.31. The summed E-state index contributed by atoms with van der Waals surface area (Å²) in [7, 11) is 0. The van der Waals surface area contributed by atoms with E-state index in [0.717, 1.165) is 18.6 Å². The van der Waals surface area contributed by atoms with Crippen LogP contribution in [0, 0.1) is 18.6 Å². The second-order valence-corrected chi connectivity index (χ2v) is 6.75. The largest absolute Gasteiger partial charge is 0.462 e. The highest BCUT2D eigenvalue weighted by Gasteiger charge is 2.30. The molecule has 0 spiro atoms. The van der Waals surface area contributed by atoms with Gasteiger partial charge in [-0.1, -0.05) is 0 Å². The fourth-order valence-corrected chi connectivity index (χ4v) is 3.77. The van der Waals surface area contributed by atoms with Crippen molar-refractivity contribution in [3.8, 4) is 0 Å². The third kappa shape index (κ3) is 3.08. The number of aromatic nitrogens is 3.